The number of nitrogens with two attached hydrogens (primary N) is 1. The number of aliphatic imine (C=N–C) groups is 1. The Morgan fingerprint density at radius 3 is 2.60 bits per heavy atom. The molecule has 180 valence electrons. The van der Waals surface area contributed by atoms with E-state index in [1.165, 1.54) is 12.1 Å². The van der Waals surface area contributed by atoms with Crippen molar-refractivity contribution < 1.29 is 17.9 Å². The van der Waals surface area contributed by atoms with Crippen LogP contribution in [0.1, 0.15) is 16.7 Å². The second-order valence-electron chi connectivity index (χ2n) is 7.78. The molecule has 35 heavy (non-hydrogen) atoms. The van der Waals surface area contributed by atoms with E-state index in [1.807, 2.05) is 11.8 Å². The second kappa shape index (κ2) is 10.00. The predicted octanol–water partition coefficient (Wildman–Crippen LogP) is 5.29. The fraction of sp³-hybridized carbons (Fsp3) is 0.261. The van der Waals surface area contributed by atoms with Crippen molar-refractivity contribution >= 4 is 23.3 Å². The van der Waals surface area contributed by atoms with Gasteiger partial charge in [0.25, 0.3) is 0 Å². The first-order chi connectivity index (χ1) is 16.7. The number of ether oxygens (including phenoxy) is 1. The van der Waals surface area contributed by atoms with Crippen molar-refractivity contribution in [3.8, 4) is 11.3 Å². The lowest BCUT2D eigenvalue weighted by atomic mass is 10.0. The summed E-state index contributed by atoms with van der Waals surface area (Å²) in [5.41, 5.74) is 16.8. The van der Waals surface area contributed by atoms with E-state index >= 15 is 0 Å². The summed E-state index contributed by atoms with van der Waals surface area (Å²) in [6.45, 7) is 4.23. The van der Waals surface area contributed by atoms with E-state index in [1.54, 1.807) is 24.3 Å². The molecular weight excluding hydrogens is 461 g/mol. The normalized spacial score (nSPS) is 14.5. The molecule has 0 bridgehead atoms. The first-order valence-electron chi connectivity index (χ1n) is 10.6. The highest BCUT2D eigenvalue weighted by Gasteiger charge is 2.30. The first kappa shape index (κ1) is 24.0. The highest BCUT2D eigenvalue weighted by Crippen LogP contribution is 2.32. The number of azide groups is 1. The van der Waals surface area contributed by atoms with Crippen LogP contribution in [0.3, 0.4) is 0 Å². The second-order valence-corrected chi connectivity index (χ2v) is 7.78. The minimum Gasteiger partial charge on any atom is -0.383 e. The molecule has 3 aromatic rings. The standard InChI is InChI=1S/C23H21F3N8O/c1-14-5-6-17(29-21(27)15-3-2-4-16(11-15)23(24,25)26)12-18(14)19-13-20(31-22(30-19)32-33-28)34-7-9-35-10-8-34/h2-6,11-13H,7-10H2,1H3,(H2,27,29). The number of benzene rings is 2. The molecule has 2 heterocycles. The third-order valence-corrected chi connectivity index (χ3v) is 5.40. The highest BCUT2D eigenvalue weighted by molar-refractivity contribution is 5.99. The molecule has 2 N–H and O–H groups in total. The van der Waals surface area contributed by atoms with Crippen LogP contribution in [-0.2, 0) is 10.9 Å². The SMILES string of the molecule is Cc1ccc(N=C(N)c2cccc(C(F)(F)F)c2)cc1-c1cc(N2CCOCC2)nc(N=[N+]=[N-])n1. The van der Waals surface area contributed by atoms with Crippen molar-refractivity contribution in [2.75, 3.05) is 31.2 Å². The number of halogens is 3. The summed E-state index contributed by atoms with van der Waals surface area (Å²) >= 11 is 0. The number of alkyl halides is 3. The largest absolute Gasteiger partial charge is 0.416 e. The lowest BCUT2D eigenvalue weighted by Gasteiger charge is -2.28. The molecule has 0 atom stereocenters. The third-order valence-electron chi connectivity index (χ3n) is 5.40. The van der Waals surface area contributed by atoms with Gasteiger partial charge < -0.3 is 15.4 Å². The molecule has 1 saturated heterocycles. The van der Waals surface area contributed by atoms with Crippen LogP contribution in [0.15, 0.2) is 58.6 Å². The number of aryl methyl sites for hydroxylation is 1. The summed E-state index contributed by atoms with van der Waals surface area (Å²) in [6, 6.07) is 11.7. The van der Waals surface area contributed by atoms with Crippen LogP contribution < -0.4 is 10.6 Å². The van der Waals surface area contributed by atoms with Gasteiger partial charge in [0.1, 0.15) is 11.7 Å². The Balaban J connectivity index is 1.73. The average Bonchev–Trinajstić information content (AvgIpc) is 2.85. The summed E-state index contributed by atoms with van der Waals surface area (Å²) in [7, 11) is 0. The monoisotopic (exact) mass is 482 g/mol. The van der Waals surface area contributed by atoms with Crippen molar-refractivity contribution in [2.45, 2.75) is 13.1 Å². The summed E-state index contributed by atoms with van der Waals surface area (Å²) in [6.07, 6.45) is -4.48. The molecule has 0 amide bonds. The van der Waals surface area contributed by atoms with E-state index in [4.69, 9.17) is 16.0 Å². The van der Waals surface area contributed by atoms with Crippen LogP contribution in [-0.4, -0.2) is 42.1 Å². The predicted molar refractivity (Wildman–Crippen MR) is 126 cm³/mol. The van der Waals surface area contributed by atoms with Gasteiger partial charge in [0.05, 0.1) is 30.2 Å². The van der Waals surface area contributed by atoms with Crippen LogP contribution in [0.5, 0.6) is 0 Å². The van der Waals surface area contributed by atoms with Gasteiger partial charge >= 0.3 is 6.18 Å². The quantitative estimate of drug-likeness (QED) is 0.174. The number of rotatable bonds is 5. The topological polar surface area (TPSA) is 125 Å². The fourth-order valence-electron chi connectivity index (χ4n) is 3.61. The Bertz CT molecular complexity index is 1310. The van der Waals surface area contributed by atoms with Gasteiger partial charge in [-0.05, 0) is 47.4 Å². The summed E-state index contributed by atoms with van der Waals surface area (Å²) in [4.78, 5) is 17.8. The lowest BCUT2D eigenvalue weighted by Crippen LogP contribution is -2.36. The smallest absolute Gasteiger partial charge is 0.383 e. The zero-order valence-electron chi connectivity index (χ0n) is 18.7. The number of nitrogens with zero attached hydrogens (tertiary/aromatic N) is 7. The number of anilines is 1. The van der Waals surface area contributed by atoms with E-state index in [0.29, 0.717) is 49.1 Å². The van der Waals surface area contributed by atoms with Gasteiger partial charge in [-0.1, -0.05) is 18.2 Å². The van der Waals surface area contributed by atoms with Gasteiger partial charge in [0.2, 0.25) is 5.95 Å². The summed E-state index contributed by atoms with van der Waals surface area (Å²) < 4.78 is 44.6. The van der Waals surface area contributed by atoms with Crippen LogP contribution in [0.2, 0.25) is 0 Å². The van der Waals surface area contributed by atoms with E-state index in [9.17, 15) is 13.2 Å². The summed E-state index contributed by atoms with van der Waals surface area (Å²) in [5, 5.41) is 3.58. The van der Waals surface area contributed by atoms with Crippen molar-refractivity contribution in [2.24, 2.45) is 15.8 Å². The Labute approximate surface area is 198 Å². The number of aromatic nitrogens is 2. The van der Waals surface area contributed by atoms with E-state index in [0.717, 1.165) is 17.7 Å². The van der Waals surface area contributed by atoms with Crippen LogP contribution >= 0.6 is 0 Å². The molecule has 1 aliphatic rings. The number of hydrogen-bond donors (Lipinski definition) is 1. The van der Waals surface area contributed by atoms with E-state index in [-0.39, 0.29) is 17.3 Å². The Hall–Kier alpha value is -4.15. The van der Waals surface area contributed by atoms with E-state index < -0.39 is 11.7 Å². The third kappa shape index (κ3) is 5.68. The van der Waals surface area contributed by atoms with Gasteiger partial charge in [-0.15, -0.1) is 0 Å². The Morgan fingerprint density at radius 1 is 1.11 bits per heavy atom. The molecule has 0 saturated carbocycles. The molecule has 0 radical (unpaired) electrons. The zero-order valence-corrected chi connectivity index (χ0v) is 18.7. The molecule has 4 rings (SSSR count). The molecule has 9 nitrogen and oxygen atoms in total. The highest BCUT2D eigenvalue weighted by atomic mass is 19.4. The maximum atomic E-state index is 13.1. The van der Waals surface area contributed by atoms with Gasteiger partial charge in [-0.25, -0.2) is 15.0 Å². The van der Waals surface area contributed by atoms with Crippen molar-refractivity contribution in [3.63, 3.8) is 0 Å². The maximum Gasteiger partial charge on any atom is 0.416 e. The van der Waals surface area contributed by atoms with Crippen LogP contribution in [0, 0.1) is 6.92 Å². The molecule has 1 fully saturated rings. The Morgan fingerprint density at radius 2 is 1.89 bits per heavy atom. The van der Waals surface area contributed by atoms with Crippen LogP contribution in [0.4, 0.5) is 30.6 Å². The maximum absolute atomic E-state index is 13.1. The van der Waals surface area contributed by atoms with Crippen molar-refractivity contribution in [1.29, 1.82) is 0 Å². The molecular formula is C23H21F3N8O. The molecule has 1 aromatic heterocycles. The van der Waals surface area contributed by atoms with E-state index in [2.05, 4.69) is 25.0 Å². The van der Waals surface area contributed by atoms with Gasteiger partial charge in [0.15, 0.2) is 0 Å². The molecule has 1 aliphatic heterocycles. The average molecular weight is 482 g/mol. The Kier molecular flexibility index (Phi) is 6.85. The molecule has 0 aliphatic carbocycles. The zero-order chi connectivity index (χ0) is 25.0. The molecule has 12 heteroatoms. The van der Waals surface area contributed by atoms with Crippen molar-refractivity contribution in [3.05, 3.63) is 75.7 Å². The number of morpholine rings is 1. The molecule has 0 unspecified atom stereocenters. The number of hydrogen-bond acceptors (Lipinski definition) is 6. The van der Waals surface area contributed by atoms with Gasteiger partial charge in [-0.2, -0.15) is 13.2 Å². The molecule has 2 aromatic carbocycles. The van der Waals surface area contributed by atoms with Gasteiger partial charge in [0, 0.05) is 35.2 Å². The van der Waals surface area contributed by atoms with Crippen LogP contribution in [0.25, 0.3) is 21.7 Å². The first-order valence-corrected chi connectivity index (χ1v) is 10.6. The van der Waals surface area contributed by atoms with Crippen molar-refractivity contribution in [1.82, 2.24) is 9.97 Å². The molecule has 0 spiro atoms. The lowest BCUT2D eigenvalue weighted by molar-refractivity contribution is -0.137. The summed E-state index contributed by atoms with van der Waals surface area (Å²) in [5.74, 6) is 0.512. The minimum absolute atomic E-state index is 0.0247. The minimum atomic E-state index is -4.48. The number of amidine groups is 1. The fourth-order valence-corrected chi connectivity index (χ4v) is 3.61. The van der Waals surface area contributed by atoms with Gasteiger partial charge in [-0.3, -0.25) is 0 Å².